The van der Waals surface area contributed by atoms with E-state index in [1.165, 1.54) is 23.1 Å². The van der Waals surface area contributed by atoms with Crippen molar-refractivity contribution in [2.24, 2.45) is 7.05 Å². The number of aromatic nitrogens is 1. The van der Waals surface area contributed by atoms with Gasteiger partial charge in [-0.25, -0.2) is 0 Å². The molecule has 1 amide bonds. The van der Waals surface area contributed by atoms with E-state index in [-0.39, 0.29) is 16.5 Å². The lowest BCUT2D eigenvalue weighted by Crippen LogP contribution is -2.19. The number of hydrogen-bond donors (Lipinski definition) is 1. The van der Waals surface area contributed by atoms with Crippen LogP contribution in [0.15, 0.2) is 38.5 Å². The highest BCUT2D eigenvalue weighted by Crippen LogP contribution is 2.16. The minimum atomic E-state index is -0.348. The van der Waals surface area contributed by atoms with E-state index in [2.05, 4.69) is 21.2 Å². The number of carbonyl (C=O) groups is 1. The maximum absolute atomic E-state index is 11.8. The number of nitrogens with one attached hydrogen (secondary N) is 1. The molecule has 7 heteroatoms. The molecule has 18 heavy (non-hydrogen) atoms. The van der Waals surface area contributed by atoms with Crippen molar-refractivity contribution in [2.75, 3.05) is 5.32 Å². The maximum Gasteiger partial charge on any atom is 0.269 e. The molecule has 0 unspecified atom stereocenters. The van der Waals surface area contributed by atoms with E-state index in [0.29, 0.717) is 15.9 Å². The van der Waals surface area contributed by atoms with Gasteiger partial charge in [-0.3, -0.25) is 9.59 Å². The van der Waals surface area contributed by atoms with Crippen molar-refractivity contribution < 1.29 is 9.21 Å². The number of hydrogen-bond acceptors (Lipinski definition) is 3. The van der Waals surface area contributed by atoms with Gasteiger partial charge in [0.25, 0.3) is 11.5 Å². The zero-order chi connectivity index (χ0) is 13.3. The van der Waals surface area contributed by atoms with Gasteiger partial charge in [0, 0.05) is 19.3 Å². The van der Waals surface area contributed by atoms with E-state index in [1.807, 2.05) is 0 Å². The van der Waals surface area contributed by atoms with Crippen molar-refractivity contribution in [1.82, 2.24) is 4.57 Å². The third-order valence-corrected chi connectivity index (χ3v) is 2.91. The highest BCUT2D eigenvalue weighted by molar-refractivity contribution is 9.10. The van der Waals surface area contributed by atoms with Crippen LogP contribution >= 0.6 is 27.5 Å². The molecule has 0 saturated carbocycles. The molecule has 0 aliphatic rings. The summed E-state index contributed by atoms with van der Waals surface area (Å²) in [5, 5.41) is 2.66. The Kier molecular flexibility index (Phi) is 3.58. The van der Waals surface area contributed by atoms with Gasteiger partial charge < -0.3 is 14.3 Å². The Bertz CT molecular complexity index is 636. The molecule has 0 radical (unpaired) electrons. The van der Waals surface area contributed by atoms with Crippen LogP contribution in [0.3, 0.4) is 0 Å². The Balaban J connectivity index is 2.25. The van der Waals surface area contributed by atoms with Crippen LogP contribution in [0, 0.1) is 0 Å². The summed E-state index contributed by atoms with van der Waals surface area (Å²) in [5.41, 5.74) is 0.483. The normalized spacial score (nSPS) is 10.4. The summed E-state index contributed by atoms with van der Waals surface area (Å²) in [6.07, 6.45) is 2.81. The second-order valence-electron chi connectivity index (χ2n) is 3.59. The first-order valence-corrected chi connectivity index (χ1v) is 6.06. The smallest absolute Gasteiger partial charge is 0.269 e. The third kappa shape index (κ3) is 2.65. The first kappa shape index (κ1) is 12.9. The topological polar surface area (TPSA) is 64.2 Å². The van der Waals surface area contributed by atoms with Crippen LogP contribution in [0.5, 0.6) is 0 Å². The number of aryl methyl sites for hydroxylation is 1. The molecule has 0 saturated heterocycles. The Morgan fingerprint density at radius 3 is 2.78 bits per heavy atom. The predicted octanol–water partition coefficient (Wildman–Crippen LogP) is 2.65. The van der Waals surface area contributed by atoms with Crippen molar-refractivity contribution in [3.8, 4) is 0 Å². The fourth-order valence-corrected chi connectivity index (χ4v) is 1.96. The molecule has 0 spiro atoms. The number of halogens is 2. The Morgan fingerprint density at radius 2 is 2.22 bits per heavy atom. The van der Waals surface area contributed by atoms with Gasteiger partial charge in [0.05, 0.1) is 11.3 Å². The lowest BCUT2D eigenvalue weighted by Gasteiger charge is -2.06. The van der Waals surface area contributed by atoms with Crippen molar-refractivity contribution in [1.29, 1.82) is 0 Å². The molecule has 0 fully saturated rings. The standard InChI is InChI=1S/C11H8BrClN2O3/c1-15-4-7(3-8(13)11(15)17)14-10(16)6-2-9(12)18-5-6/h2-5H,1H3,(H,14,16). The molecule has 0 bridgehead atoms. The second-order valence-corrected chi connectivity index (χ2v) is 4.78. The number of nitrogens with zero attached hydrogens (tertiary/aromatic N) is 1. The first-order chi connectivity index (χ1) is 8.47. The lowest BCUT2D eigenvalue weighted by atomic mass is 10.3. The maximum atomic E-state index is 11.8. The zero-order valence-corrected chi connectivity index (χ0v) is 11.6. The van der Waals surface area contributed by atoms with Crippen LogP contribution < -0.4 is 10.9 Å². The van der Waals surface area contributed by atoms with Crippen LogP contribution in [0.1, 0.15) is 10.4 Å². The van der Waals surface area contributed by atoms with Gasteiger partial charge in [-0.05, 0) is 22.0 Å². The van der Waals surface area contributed by atoms with E-state index in [1.54, 1.807) is 13.1 Å². The molecule has 2 aromatic heterocycles. The average Bonchev–Trinajstić information content (AvgIpc) is 2.72. The Morgan fingerprint density at radius 1 is 1.50 bits per heavy atom. The van der Waals surface area contributed by atoms with Crippen LogP contribution in [0.2, 0.25) is 5.02 Å². The van der Waals surface area contributed by atoms with E-state index in [0.717, 1.165) is 0 Å². The number of furan rings is 1. The van der Waals surface area contributed by atoms with E-state index in [4.69, 9.17) is 16.0 Å². The number of carbonyl (C=O) groups excluding carboxylic acids is 1. The lowest BCUT2D eigenvalue weighted by molar-refractivity contribution is 0.102. The summed E-state index contributed by atoms with van der Waals surface area (Å²) >= 11 is 8.85. The summed E-state index contributed by atoms with van der Waals surface area (Å²) in [6.45, 7) is 0. The van der Waals surface area contributed by atoms with Gasteiger partial charge in [0.1, 0.15) is 11.3 Å². The van der Waals surface area contributed by atoms with E-state index >= 15 is 0 Å². The molecule has 2 aromatic rings. The molecular formula is C11H8BrClN2O3. The van der Waals surface area contributed by atoms with Gasteiger partial charge >= 0.3 is 0 Å². The minimum Gasteiger partial charge on any atom is -0.457 e. The predicted molar refractivity (Wildman–Crippen MR) is 71.1 cm³/mol. The summed E-state index contributed by atoms with van der Waals surface area (Å²) < 4.78 is 6.72. The number of rotatable bonds is 2. The zero-order valence-electron chi connectivity index (χ0n) is 9.24. The van der Waals surface area contributed by atoms with E-state index < -0.39 is 0 Å². The molecule has 0 atom stereocenters. The van der Waals surface area contributed by atoms with Crippen LogP contribution in [0.25, 0.3) is 0 Å². The van der Waals surface area contributed by atoms with Gasteiger partial charge in [-0.1, -0.05) is 11.6 Å². The highest BCUT2D eigenvalue weighted by atomic mass is 79.9. The summed E-state index contributed by atoms with van der Waals surface area (Å²) in [6, 6.07) is 2.94. The van der Waals surface area contributed by atoms with Crippen LogP contribution in [-0.4, -0.2) is 10.5 Å². The molecule has 2 rings (SSSR count). The SMILES string of the molecule is Cn1cc(NC(=O)c2coc(Br)c2)cc(Cl)c1=O. The third-order valence-electron chi connectivity index (χ3n) is 2.23. The molecule has 0 aliphatic carbocycles. The first-order valence-electron chi connectivity index (χ1n) is 4.89. The molecular weight excluding hydrogens is 323 g/mol. The van der Waals surface area contributed by atoms with E-state index in [9.17, 15) is 9.59 Å². The second kappa shape index (κ2) is 4.99. The summed E-state index contributed by atoms with van der Waals surface area (Å²) in [4.78, 5) is 23.2. The fourth-order valence-electron chi connectivity index (χ4n) is 1.37. The minimum absolute atomic E-state index is 0.0451. The Labute approximate surface area is 115 Å². The molecule has 1 N–H and O–H groups in total. The molecule has 94 valence electrons. The fraction of sp³-hybridized carbons (Fsp3) is 0.0909. The van der Waals surface area contributed by atoms with Gasteiger partial charge in [-0.2, -0.15) is 0 Å². The molecule has 0 aliphatic heterocycles. The Hall–Kier alpha value is -1.53. The summed E-state index contributed by atoms with van der Waals surface area (Å²) in [5.74, 6) is -0.348. The van der Waals surface area contributed by atoms with Crippen LogP contribution in [0.4, 0.5) is 5.69 Å². The van der Waals surface area contributed by atoms with Crippen molar-refractivity contribution in [2.45, 2.75) is 0 Å². The number of pyridine rings is 1. The van der Waals surface area contributed by atoms with Gasteiger partial charge in [0.15, 0.2) is 4.67 Å². The number of anilines is 1. The van der Waals surface area contributed by atoms with Crippen molar-refractivity contribution >= 4 is 39.1 Å². The molecule has 2 heterocycles. The van der Waals surface area contributed by atoms with Gasteiger partial charge in [-0.15, -0.1) is 0 Å². The average molecular weight is 332 g/mol. The quantitative estimate of drug-likeness (QED) is 0.920. The van der Waals surface area contributed by atoms with Crippen LogP contribution in [-0.2, 0) is 7.05 Å². The molecule has 5 nitrogen and oxygen atoms in total. The monoisotopic (exact) mass is 330 g/mol. The van der Waals surface area contributed by atoms with Crippen molar-refractivity contribution in [3.63, 3.8) is 0 Å². The summed E-state index contributed by atoms with van der Waals surface area (Å²) in [7, 11) is 1.55. The van der Waals surface area contributed by atoms with Crippen molar-refractivity contribution in [3.05, 3.63) is 50.2 Å². The highest BCUT2D eigenvalue weighted by Gasteiger charge is 2.11. The number of amides is 1. The van der Waals surface area contributed by atoms with Gasteiger partial charge in [0.2, 0.25) is 0 Å². The largest absolute Gasteiger partial charge is 0.457 e. The molecule has 0 aromatic carbocycles.